The molecular weight excluding hydrogens is 321 g/mol. The number of fused-ring (bicyclic) bond motifs is 1. The molecule has 1 atom stereocenters. The van der Waals surface area contributed by atoms with Crippen molar-refractivity contribution in [1.29, 1.82) is 0 Å². The zero-order valence-electron chi connectivity index (χ0n) is 12.6. The molecule has 1 aromatic carbocycles. The van der Waals surface area contributed by atoms with Crippen LogP contribution in [0.2, 0.25) is 0 Å². The highest BCUT2D eigenvalue weighted by Crippen LogP contribution is 2.29. The van der Waals surface area contributed by atoms with Gasteiger partial charge in [-0.15, -0.1) is 0 Å². The van der Waals surface area contributed by atoms with Crippen molar-refractivity contribution in [2.45, 2.75) is 19.1 Å². The van der Waals surface area contributed by atoms with Crippen LogP contribution in [0, 0.1) is 0 Å². The molecule has 0 aliphatic heterocycles. The number of rotatable bonds is 2. The van der Waals surface area contributed by atoms with Gasteiger partial charge in [0.1, 0.15) is 5.69 Å². The molecule has 0 unspecified atom stereocenters. The normalized spacial score (nSPS) is 13.2. The predicted octanol–water partition coefficient (Wildman–Crippen LogP) is 3.00. The molecule has 0 saturated carbocycles. The van der Waals surface area contributed by atoms with Gasteiger partial charge in [0.15, 0.2) is 0 Å². The van der Waals surface area contributed by atoms with Crippen molar-refractivity contribution in [3.05, 3.63) is 64.3 Å². The number of anilines is 1. The number of alkyl halides is 3. The van der Waals surface area contributed by atoms with E-state index in [2.05, 4.69) is 9.97 Å². The van der Waals surface area contributed by atoms with Crippen LogP contribution in [0.25, 0.3) is 11.0 Å². The van der Waals surface area contributed by atoms with Crippen molar-refractivity contribution >= 4 is 16.7 Å². The van der Waals surface area contributed by atoms with Crippen molar-refractivity contribution in [3.63, 3.8) is 0 Å². The minimum absolute atomic E-state index is 0.135. The summed E-state index contributed by atoms with van der Waals surface area (Å²) >= 11 is 0. The molecular formula is C16H13F3N4O. The molecule has 24 heavy (non-hydrogen) atoms. The van der Waals surface area contributed by atoms with Gasteiger partial charge in [-0.3, -0.25) is 9.36 Å². The highest BCUT2D eigenvalue weighted by atomic mass is 19.4. The van der Waals surface area contributed by atoms with Crippen LogP contribution in [0.15, 0.2) is 47.4 Å². The fraction of sp³-hybridized carbons (Fsp3) is 0.188. The van der Waals surface area contributed by atoms with Crippen LogP contribution in [0.5, 0.6) is 0 Å². The van der Waals surface area contributed by atoms with E-state index in [9.17, 15) is 18.0 Å². The van der Waals surface area contributed by atoms with Gasteiger partial charge in [-0.25, -0.2) is 9.97 Å². The first-order valence-corrected chi connectivity index (χ1v) is 7.08. The molecule has 5 nitrogen and oxygen atoms in total. The summed E-state index contributed by atoms with van der Waals surface area (Å²) in [6.07, 6.45) is -3.43. The average molecular weight is 334 g/mol. The van der Waals surface area contributed by atoms with E-state index in [1.165, 1.54) is 16.7 Å². The Morgan fingerprint density at radius 3 is 2.67 bits per heavy atom. The fourth-order valence-electron chi connectivity index (χ4n) is 2.53. The lowest BCUT2D eigenvalue weighted by atomic mass is 10.1. The van der Waals surface area contributed by atoms with Crippen molar-refractivity contribution in [1.82, 2.24) is 14.5 Å². The maximum Gasteiger partial charge on any atom is 0.433 e. The van der Waals surface area contributed by atoms with Crippen LogP contribution in [0.1, 0.15) is 24.4 Å². The summed E-state index contributed by atoms with van der Waals surface area (Å²) in [6.45, 7) is 1.61. The molecule has 2 heterocycles. The van der Waals surface area contributed by atoms with Crippen LogP contribution in [-0.2, 0) is 6.18 Å². The number of nitrogens with two attached hydrogens (primary N) is 1. The largest absolute Gasteiger partial charge is 0.433 e. The highest BCUT2D eigenvalue weighted by Gasteiger charge is 2.33. The molecule has 0 amide bonds. The number of benzene rings is 1. The van der Waals surface area contributed by atoms with Gasteiger partial charge in [-0.2, -0.15) is 13.2 Å². The Labute approximate surface area is 134 Å². The Kier molecular flexibility index (Phi) is 3.75. The number of nitrogens with zero attached hydrogens (tertiary/aromatic N) is 3. The first kappa shape index (κ1) is 16.0. The smallest absolute Gasteiger partial charge is 0.399 e. The Morgan fingerprint density at radius 1 is 1.21 bits per heavy atom. The summed E-state index contributed by atoms with van der Waals surface area (Å²) in [4.78, 5) is 19.9. The van der Waals surface area contributed by atoms with E-state index < -0.39 is 23.5 Å². The third-order valence-corrected chi connectivity index (χ3v) is 3.69. The Hall–Kier alpha value is -2.90. The van der Waals surface area contributed by atoms with Crippen molar-refractivity contribution in [3.8, 4) is 0 Å². The first-order valence-electron chi connectivity index (χ1n) is 7.08. The minimum Gasteiger partial charge on any atom is -0.399 e. The van der Waals surface area contributed by atoms with E-state index in [1.54, 1.807) is 25.1 Å². The summed E-state index contributed by atoms with van der Waals surface area (Å²) in [5.41, 5.74) is 5.84. The van der Waals surface area contributed by atoms with Gasteiger partial charge in [-0.1, -0.05) is 6.07 Å². The number of nitrogen functional groups attached to an aromatic ring is 1. The lowest BCUT2D eigenvalue weighted by Crippen LogP contribution is -2.25. The molecule has 0 aliphatic rings. The van der Waals surface area contributed by atoms with Crippen LogP contribution >= 0.6 is 0 Å². The van der Waals surface area contributed by atoms with Gasteiger partial charge in [0.2, 0.25) is 0 Å². The topological polar surface area (TPSA) is 73.8 Å². The molecule has 2 aromatic heterocycles. The molecule has 8 heteroatoms. The molecule has 3 rings (SSSR count). The Morgan fingerprint density at radius 2 is 1.96 bits per heavy atom. The minimum atomic E-state index is -4.55. The number of hydrogen-bond donors (Lipinski definition) is 1. The fourth-order valence-corrected chi connectivity index (χ4v) is 2.53. The molecule has 0 spiro atoms. The second kappa shape index (κ2) is 5.63. The molecule has 0 saturated heterocycles. The van der Waals surface area contributed by atoms with E-state index in [4.69, 9.17) is 5.73 Å². The lowest BCUT2D eigenvalue weighted by Gasteiger charge is -2.18. The quantitative estimate of drug-likeness (QED) is 0.731. The molecule has 124 valence electrons. The van der Waals surface area contributed by atoms with Gasteiger partial charge >= 0.3 is 6.18 Å². The number of hydrogen-bond acceptors (Lipinski definition) is 4. The molecule has 0 bridgehead atoms. The van der Waals surface area contributed by atoms with Crippen LogP contribution in [-0.4, -0.2) is 14.5 Å². The van der Waals surface area contributed by atoms with E-state index in [0.717, 1.165) is 12.3 Å². The summed E-state index contributed by atoms with van der Waals surface area (Å²) in [5, 5.41) is 0. The maximum absolute atomic E-state index is 12.9. The lowest BCUT2D eigenvalue weighted by molar-refractivity contribution is -0.141. The van der Waals surface area contributed by atoms with Crippen molar-refractivity contribution < 1.29 is 13.2 Å². The molecule has 3 aromatic rings. The van der Waals surface area contributed by atoms with Gasteiger partial charge < -0.3 is 5.73 Å². The molecule has 0 radical (unpaired) electrons. The zero-order valence-corrected chi connectivity index (χ0v) is 12.6. The van der Waals surface area contributed by atoms with Crippen molar-refractivity contribution in [2.24, 2.45) is 0 Å². The molecule has 0 fully saturated rings. The number of halogens is 3. The van der Waals surface area contributed by atoms with Crippen LogP contribution in [0.3, 0.4) is 0 Å². The van der Waals surface area contributed by atoms with Crippen LogP contribution < -0.4 is 11.3 Å². The summed E-state index contributed by atoms with van der Waals surface area (Å²) in [5.74, 6) is 0. The van der Waals surface area contributed by atoms with Gasteiger partial charge in [0.25, 0.3) is 5.56 Å². The third kappa shape index (κ3) is 2.82. The Balaban J connectivity index is 2.17. The van der Waals surface area contributed by atoms with Crippen molar-refractivity contribution in [2.75, 3.05) is 5.73 Å². The zero-order chi connectivity index (χ0) is 17.5. The third-order valence-electron chi connectivity index (χ3n) is 3.69. The number of aromatic nitrogens is 3. The summed E-state index contributed by atoms with van der Waals surface area (Å²) in [7, 11) is 0. The predicted molar refractivity (Wildman–Crippen MR) is 83.5 cm³/mol. The maximum atomic E-state index is 12.9. The SMILES string of the molecule is C[C@@H](c1cccc(C(F)(F)F)n1)n1c(=O)cnc2cc(N)ccc21. The summed E-state index contributed by atoms with van der Waals surface area (Å²) in [6, 6.07) is 7.73. The van der Waals surface area contributed by atoms with Gasteiger partial charge in [-0.05, 0) is 37.3 Å². The Bertz CT molecular complexity index is 965. The first-order chi connectivity index (χ1) is 11.3. The summed E-state index contributed by atoms with van der Waals surface area (Å²) < 4.78 is 39.9. The van der Waals surface area contributed by atoms with E-state index >= 15 is 0 Å². The monoisotopic (exact) mass is 334 g/mol. The standard InChI is InChI=1S/C16H13F3N4O/c1-9(11-3-2-4-14(22-11)16(17,18)19)23-13-6-5-10(20)7-12(13)21-8-15(23)24/h2-9H,20H2,1H3/t9-/m0/s1. The highest BCUT2D eigenvalue weighted by molar-refractivity contribution is 5.78. The van der Waals surface area contributed by atoms with Crippen LogP contribution in [0.4, 0.5) is 18.9 Å². The van der Waals surface area contributed by atoms with Gasteiger partial charge in [0, 0.05) is 5.69 Å². The second-order valence-corrected chi connectivity index (χ2v) is 5.34. The van der Waals surface area contributed by atoms with Gasteiger partial charge in [0.05, 0.1) is 29.0 Å². The average Bonchev–Trinajstić information content (AvgIpc) is 2.54. The van der Waals surface area contributed by atoms with E-state index in [1.807, 2.05) is 0 Å². The van der Waals surface area contributed by atoms with E-state index in [-0.39, 0.29) is 5.69 Å². The second-order valence-electron chi connectivity index (χ2n) is 5.34. The van der Waals surface area contributed by atoms with E-state index in [0.29, 0.717) is 16.7 Å². The molecule has 0 aliphatic carbocycles. The molecule has 2 N–H and O–H groups in total. The number of pyridine rings is 1.